The number of anilines is 4. The van der Waals surface area contributed by atoms with Gasteiger partial charge in [-0.1, -0.05) is 12.1 Å². The van der Waals surface area contributed by atoms with E-state index in [9.17, 15) is 19.2 Å². The van der Waals surface area contributed by atoms with Crippen LogP contribution in [0.1, 0.15) is 47.8 Å². The third kappa shape index (κ3) is 9.61. The van der Waals surface area contributed by atoms with Crippen molar-refractivity contribution in [3.8, 4) is 0 Å². The molecule has 6 aromatic rings. The fraction of sp³-hybridized carbons (Fsp3) is 0.304. The van der Waals surface area contributed by atoms with Gasteiger partial charge in [0.2, 0.25) is 11.8 Å². The van der Waals surface area contributed by atoms with E-state index < -0.39 is 36.0 Å². The van der Waals surface area contributed by atoms with E-state index in [2.05, 4.69) is 30.8 Å². The number of halogens is 2. The van der Waals surface area contributed by atoms with Gasteiger partial charge in [0.05, 0.1) is 104 Å². The van der Waals surface area contributed by atoms with Crippen molar-refractivity contribution in [2.75, 3.05) is 45.8 Å². The number of pyridine rings is 2. The fourth-order valence-electron chi connectivity index (χ4n) is 8.31. The molecule has 4 amide bonds. The van der Waals surface area contributed by atoms with Crippen molar-refractivity contribution in [1.29, 1.82) is 0 Å². The number of ether oxygens (including phenoxy) is 2. The van der Waals surface area contributed by atoms with E-state index in [0.717, 1.165) is 33.9 Å². The van der Waals surface area contributed by atoms with E-state index in [0.29, 0.717) is 62.0 Å². The molecule has 18 nitrogen and oxygen atoms in total. The summed E-state index contributed by atoms with van der Waals surface area (Å²) in [5, 5.41) is 14.4. The Bertz CT molecular complexity index is 2750. The number of rotatable bonds is 12. The number of nitrogens with zero attached hydrogens (tertiary/aromatic N) is 10. The third-order valence-corrected chi connectivity index (χ3v) is 11.5. The molecule has 2 fully saturated rings. The molecule has 20 heteroatoms. The lowest BCUT2D eigenvalue weighted by Crippen LogP contribution is -2.33. The first-order valence-corrected chi connectivity index (χ1v) is 21.4. The van der Waals surface area contributed by atoms with Gasteiger partial charge in [-0.25, -0.2) is 18.4 Å². The Labute approximate surface area is 377 Å². The SMILES string of the molecule is CC(=O)NC[C@H]1CN(c2ccc(N3Cc4cn(Cc5ccccn5)nc4C3)c(F)c2)C(=O)O1.CC(=O)NC[C@H]1CN(c2ccc(N3Cc4cnn(Cc5ccccn5)c4C3)c(F)c2)C(=O)O1. The highest BCUT2D eigenvalue weighted by atomic mass is 19.1. The molecule has 2 aromatic carbocycles. The van der Waals surface area contributed by atoms with Gasteiger partial charge in [-0.15, -0.1) is 0 Å². The summed E-state index contributed by atoms with van der Waals surface area (Å²) in [5.41, 5.74) is 7.65. The smallest absolute Gasteiger partial charge is 0.414 e. The van der Waals surface area contributed by atoms with Gasteiger partial charge < -0.3 is 29.9 Å². The first-order valence-electron chi connectivity index (χ1n) is 21.4. The molecule has 2 atom stereocenters. The van der Waals surface area contributed by atoms with Crippen LogP contribution < -0.4 is 30.2 Å². The van der Waals surface area contributed by atoms with Crippen molar-refractivity contribution in [3.63, 3.8) is 0 Å². The number of carbonyl (C=O) groups is 4. The van der Waals surface area contributed by atoms with E-state index in [1.807, 2.05) is 68.0 Å². The van der Waals surface area contributed by atoms with Gasteiger partial charge in [-0.3, -0.25) is 38.7 Å². The van der Waals surface area contributed by atoms with Crippen LogP contribution in [0.15, 0.2) is 97.6 Å². The normalized spacial score (nSPS) is 17.3. The summed E-state index contributed by atoms with van der Waals surface area (Å²) in [4.78, 5) is 61.9. The van der Waals surface area contributed by atoms with E-state index in [4.69, 9.17) is 9.47 Å². The molecule has 8 heterocycles. The lowest BCUT2D eigenvalue weighted by atomic mass is 10.2. The second kappa shape index (κ2) is 18.7. The van der Waals surface area contributed by atoms with E-state index >= 15 is 8.78 Å². The zero-order valence-corrected chi connectivity index (χ0v) is 36.1. The summed E-state index contributed by atoms with van der Waals surface area (Å²) < 4.78 is 44.4. The summed E-state index contributed by atoms with van der Waals surface area (Å²) in [6.45, 7) is 7.02. The summed E-state index contributed by atoms with van der Waals surface area (Å²) in [6, 6.07) is 21.0. The Hall–Kier alpha value is -7.90. The maximum absolute atomic E-state index is 15.1. The molecule has 0 spiro atoms. The Kier molecular flexibility index (Phi) is 12.3. The molecule has 4 aliphatic rings. The van der Waals surface area contributed by atoms with Crippen LogP contribution in [0.3, 0.4) is 0 Å². The monoisotopic (exact) mass is 900 g/mol. The van der Waals surface area contributed by atoms with Gasteiger partial charge in [0.25, 0.3) is 0 Å². The van der Waals surface area contributed by atoms with Gasteiger partial charge in [-0.05, 0) is 60.7 Å². The zero-order valence-electron chi connectivity index (χ0n) is 36.1. The Morgan fingerprint density at radius 1 is 0.697 bits per heavy atom. The first kappa shape index (κ1) is 43.4. The molecular formula is C46H46F2N12O6. The molecule has 2 saturated heterocycles. The van der Waals surface area contributed by atoms with Crippen molar-refractivity contribution < 1.29 is 37.4 Å². The fourth-order valence-corrected chi connectivity index (χ4v) is 8.31. The molecule has 0 radical (unpaired) electrons. The van der Waals surface area contributed by atoms with Crippen molar-refractivity contribution in [2.45, 2.75) is 65.3 Å². The first-order chi connectivity index (χ1) is 31.9. The van der Waals surface area contributed by atoms with Crippen LogP contribution in [0.2, 0.25) is 0 Å². The Morgan fingerprint density at radius 2 is 1.24 bits per heavy atom. The minimum Gasteiger partial charge on any atom is -0.442 e. The van der Waals surface area contributed by atoms with Crippen LogP contribution >= 0.6 is 0 Å². The number of benzene rings is 2. The number of cyclic esters (lactones) is 2. The summed E-state index contributed by atoms with van der Waals surface area (Å²) in [7, 11) is 0. The molecule has 10 rings (SSSR count). The number of carbonyl (C=O) groups excluding carboxylic acids is 4. The Morgan fingerprint density at radius 3 is 1.76 bits per heavy atom. The summed E-state index contributed by atoms with van der Waals surface area (Å²) in [6.07, 6.45) is 5.25. The quantitative estimate of drug-likeness (QED) is 0.170. The average Bonchev–Trinajstić information content (AvgIpc) is 4.16. The highest BCUT2D eigenvalue weighted by Gasteiger charge is 2.35. The van der Waals surface area contributed by atoms with Crippen molar-refractivity contribution in [3.05, 3.63) is 143 Å². The predicted octanol–water partition coefficient (Wildman–Crippen LogP) is 4.89. The number of amides is 4. The molecular weight excluding hydrogens is 855 g/mol. The van der Waals surface area contributed by atoms with Crippen LogP contribution in [-0.4, -0.2) is 91.9 Å². The molecule has 4 aromatic heterocycles. The zero-order chi connectivity index (χ0) is 45.9. The molecule has 4 aliphatic heterocycles. The molecule has 66 heavy (non-hydrogen) atoms. The largest absolute Gasteiger partial charge is 0.442 e. The van der Waals surface area contributed by atoms with Gasteiger partial charge in [0, 0.05) is 56.7 Å². The number of hydrogen-bond acceptors (Lipinski definition) is 12. The standard InChI is InChI=1S/2C23H23FN6O3/c1-15(31)26-9-19-13-30(23(32)33-19)18-5-6-22(20(24)8-18)28-10-16-11-29(27-21(16)14-28)12-17-4-2-3-7-25-17;1-15(31)26-10-19-13-29(23(32)33-19)18-5-6-21(20(24)8-18)28-11-16-9-27-30(22(16)14-28)12-17-4-2-3-7-25-17/h2-8,11,19H,9-10,12-14H2,1H3,(H,26,31);2-9,19H,10-14H2,1H3,(H,26,31)/t2*19-/m00/s1. The van der Waals surface area contributed by atoms with Crippen LogP contribution in [0.4, 0.5) is 41.1 Å². The second-order valence-electron chi connectivity index (χ2n) is 16.3. The number of fused-ring (bicyclic) bond motifs is 2. The highest BCUT2D eigenvalue weighted by molar-refractivity contribution is 5.91. The number of nitrogens with one attached hydrogen (secondary N) is 2. The average molecular weight is 901 g/mol. The molecule has 0 unspecified atom stereocenters. The van der Waals surface area contributed by atoms with Crippen LogP contribution in [0.25, 0.3) is 0 Å². The molecule has 0 saturated carbocycles. The van der Waals surface area contributed by atoms with Gasteiger partial charge >= 0.3 is 12.2 Å². The second-order valence-corrected chi connectivity index (χ2v) is 16.3. The predicted molar refractivity (Wildman–Crippen MR) is 236 cm³/mol. The van der Waals surface area contributed by atoms with Crippen LogP contribution in [0.5, 0.6) is 0 Å². The van der Waals surface area contributed by atoms with Gasteiger partial charge in [-0.2, -0.15) is 10.2 Å². The minimum absolute atomic E-state index is 0.199. The summed E-state index contributed by atoms with van der Waals surface area (Å²) in [5.74, 6) is -1.23. The minimum atomic E-state index is -0.555. The van der Waals surface area contributed by atoms with E-state index in [-0.39, 0.29) is 38.0 Å². The van der Waals surface area contributed by atoms with Crippen molar-refractivity contribution in [2.24, 2.45) is 0 Å². The number of hydrogen-bond donors (Lipinski definition) is 2. The maximum Gasteiger partial charge on any atom is 0.414 e. The van der Waals surface area contributed by atoms with Crippen molar-refractivity contribution >= 4 is 46.8 Å². The summed E-state index contributed by atoms with van der Waals surface area (Å²) >= 11 is 0. The van der Waals surface area contributed by atoms with Crippen LogP contribution in [-0.2, 0) is 58.3 Å². The van der Waals surface area contributed by atoms with Gasteiger partial charge in [0.1, 0.15) is 23.8 Å². The maximum atomic E-state index is 15.1. The lowest BCUT2D eigenvalue weighted by molar-refractivity contribution is -0.120. The molecule has 340 valence electrons. The highest BCUT2D eigenvalue weighted by Crippen LogP contribution is 2.35. The van der Waals surface area contributed by atoms with Crippen molar-refractivity contribution in [1.82, 2.24) is 40.2 Å². The molecule has 0 bridgehead atoms. The van der Waals surface area contributed by atoms with Crippen LogP contribution in [0, 0.1) is 11.6 Å². The van der Waals surface area contributed by atoms with E-state index in [1.165, 1.54) is 35.8 Å². The topological polar surface area (TPSA) is 185 Å². The number of aromatic nitrogens is 6. The lowest BCUT2D eigenvalue weighted by Gasteiger charge is -2.21. The van der Waals surface area contributed by atoms with E-state index in [1.54, 1.807) is 36.7 Å². The molecule has 0 aliphatic carbocycles. The third-order valence-electron chi connectivity index (χ3n) is 11.5. The molecule has 2 N–H and O–H groups in total. The Balaban J connectivity index is 0.000000166. The van der Waals surface area contributed by atoms with Gasteiger partial charge in [0.15, 0.2) is 0 Å².